The van der Waals surface area contributed by atoms with E-state index in [9.17, 15) is 4.79 Å². The van der Waals surface area contributed by atoms with Crippen molar-refractivity contribution in [2.45, 2.75) is 25.8 Å². The van der Waals surface area contributed by atoms with E-state index in [2.05, 4.69) is 10.1 Å². The molecule has 0 fully saturated rings. The Morgan fingerprint density at radius 3 is 2.73 bits per heavy atom. The van der Waals surface area contributed by atoms with Gasteiger partial charge in [-0.1, -0.05) is 25.1 Å². The summed E-state index contributed by atoms with van der Waals surface area (Å²) in [4.78, 5) is 18.5. The maximum absolute atomic E-state index is 12.6. The Bertz CT molecular complexity index is 610. The van der Waals surface area contributed by atoms with Crippen LogP contribution in [0.25, 0.3) is 0 Å². The van der Waals surface area contributed by atoms with Crippen LogP contribution in [0.3, 0.4) is 0 Å². The first-order chi connectivity index (χ1) is 10.5. The van der Waals surface area contributed by atoms with Gasteiger partial charge in [0.25, 0.3) is 5.91 Å². The predicted molar refractivity (Wildman–Crippen MR) is 81.5 cm³/mol. The van der Waals surface area contributed by atoms with E-state index in [1.54, 1.807) is 31.3 Å². The summed E-state index contributed by atoms with van der Waals surface area (Å²) in [6.45, 7) is 4.33. The zero-order valence-electron chi connectivity index (χ0n) is 13.3. The van der Waals surface area contributed by atoms with Gasteiger partial charge in [0.15, 0.2) is 5.69 Å². The summed E-state index contributed by atoms with van der Waals surface area (Å²) in [6, 6.07) is 7.00. The number of carbonyl (C=O) groups excluding carboxylic acids is 1. The fourth-order valence-corrected chi connectivity index (χ4v) is 2.11. The average Bonchev–Trinajstić information content (AvgIpc) is 3.02. The van der Waals surface area contributed by atoms with E-state index in [0.29, 0.717) is 18.1 Å². The predicted octanol–water partition coefficient (Wildman–Crippen LogP) is 2.65. The Kier molecular flexibility index (Phi) is 5.27. The normalized spacial score (nSPS) is 12.4. The molecule has 0 aliphatic rings. The molecule has 1 atom stereocenters. The third-order valence-electron chi connectivity index (χ3n) is 3.46. The molecule has 0 N–H and O–H groups in total. The number of rotatable bonds is 6. The van der Waals surface area contributed by atoms with E-state index >= 15 is 0 Å². The molecule has 0 aromatic carbocycles. The van der Waals surface area contributed by atoms with Crippen LogP contribution in [0.15, 0.2) is 35.0 Å². The number of pyridine rings is 1. The van der Waals surface area contributed by atoms with Crippen LogP contribution in [0.2, 0.25) is 0 Å². The zero-order chi connectivity index (χ0) is 16.1. The van der Waals surface area contributed by atoms with Gasteiger partial charge in [0.1, 0.15) is 5.76 Å². The Morgan fingerprint density at radius 1 is 1.41 bits per heavy atom. The summed E-state index contributed by atoms with van der Waals surface area (Å²) in [7, 11) is 3.31. The molecule has 0 saturated carbocycles. The highest BCUT2D eigenvalue weighted by molar-refractivity contribution is 5.92. The van der Waals surface area contributed by atoms with Gasteiger partial charge >= 0.3 is 0 Å². The Balaban J connectivity index is 2.22. The molecule has 118 valence electrons. The summed E-state index contributed by atoms with van der Waals surface area (Å²) < 4.78 is 10.4. The minimum Gasteiger partial charge on any atom is -0.382 e. The lowest BCUT2D eigenvalue weighted by molar-refractivity contribution is 0.0585. The van der Waals surface area contributed by atoms with Gasteiger partial charge in [-0.05, 0) is 12.1 Å². The third-order valence-corrected chi connectivity index (χ3v) is 3.46. The van der Waals surface area contributed by atoms with Gasteiger partial charge in [-0.25, -0.2) is 0 Å². The van der Waals surface area contributed by atoms with Crippen LogP contribution in [-0.2, 0) is 4.74 Å². The van der Waals surface area contributed by atoms with Crippen LogP contribution < -0.4 is 0 Å². The zero-order valence-corrected chi connectivity index (χ0v) is 13.3. The van der Waals surface area contributed by atoms with E-state index in [4.69, 9.17) is 9.26 Å². The van der Waals surface area contributed by atoms with Crippen molar-refractivity contribution in [2.75, 3.05) is 20.8 Å². The molecule has 6 heteroatoms. The second-order valence-corrected chi connectivity index (χ2v) is 5.41. The summed E-state index contributed by atoms with van der Waals surface area (Å²) in [5, 5.41) is 3.87. The molecule has 0 saturated heterocycles. The average molecular weight is 303 g/mol. The monoisotopic (exact) mass is 303 g/mol. The molecule has 0 bridgehead atoms. The maximum Gasteiger partial charge on any atom is 0.276 e. The van der Waals surface area contributed by atoms with Crippen molar-refractivity contribution in [3.8, 4) is 0 Å². The minimum absolute atomic E-state index is 0.185. The van der Waals surface area contributed by atoms with Gasteiger partial charge in [-0.3, -0.25) is 9.78 Å². The first-order valence-corrected chi connectivity index (χ1v) is 7.18. The highest BCUT2D eigenvalue weighted by Crippen LogP contribution is 2.21. The van der Waals surface area contributed by atoms with Crippen LogP contribution in [-0.4, -0.2) is 41.7 Å². The van der Waals surface area contributed by atoms with E-state index in [1.165, 1.54) is 0 Å². The van der Waals surface area contributed by atoms with Crippen LogP contribution in [0.1, 0.15) is 47.7 Å². The largest absolute Gasteiger partial charge is 0.382 e. The SMILES string of the molecule is COCC(c1ccccn1)N(C)C(=O)c1cc(C(C)C)on1. The quantitative estimate of drug-likeness (QED) is 0.820. The second kappa shape index (κ2) is 7.17. The Labute approximate surface area is 130 Å². The van der Waals surface area contributed by atoms with Crippen molar-refractivity contribution in [2.24, 2.45) is 0 Å². The highest BCUT2D eigenvalue weighted by atomic mass is 16.5. The van der Waals surface area contributed by atoms with Crippen molar-refractivity contribution < 1.29 is 14.1 Å². The number of nitrogens with zero attached hydrogens (tertiary/aromatic N) is 3. The summed E-state index contributed by atoms with van der Waals surface area (Å²) in [6.07, 6.45) is 1.70. The number of methoxy groups -OCH3 is 1. The lowest BCUT2D eigenvalue weighted by atomic mass is 10.1. The number of carbonyl (C=O) groups is 1. The van der Waals surface area contributed by atoms with E-state index in [1.807, 2.05) is 32.0 Å². The van der Waals surface area contributed by atoms with Gasteiger partial charge < -0.3 is 14.2 Å². The number of likely N-dealkylation sites (N-methyl/N-ethyl adjacent to an activating group) is 1. The standard InChI is InChI=1S/C16H21N3O3/c1-11(2)15-9-13(18-22-15)16(20)19(3)14(10-21-4)12-7-5-6-8-17-12/h5-9,11,14H,10H2,1-4H3. The van der Waals surface area contributed by atoms with Crippen LogP contribution in [0.5, 0.6) is 0 Å². The van der Waals surface area contributed by atoms with Gasteiger partial charge in [0.05, 0.1) is 18.3 Å². The fourth-order valence-electron chi connectivity index (χ4n) is 2.11. The summed E-state index contributed by atoms with van der Waals surface area (Å²) in [5.41, 5.74) is 1.07. The number of ether oxygens (including phenoxy) is 1. The van der Waals surface area contributed by atoms with E-state index in [-0.39, 0.29) is 17.9 Å². The van der Waals surface area contributed by atoms with Gasteiger partial charge in [-0.2, -0.15) is 0 Å². The van der Waals surface area contributed by atoms with Gasteiger partial charge in [0, 0.05) is 32.3 Å². The molecule has 2 rings (SSSR count). The van der Waals surface area contributed by atoms with Crippen molar-refractivity contribution in [1.29, 1.82) is 0 Å². The van der Waals surface area contributed by atoms with Crippen LogP contribution in [0, 0.1) is 0 Å². The highest BCUT2D eigenvalue weighted by Gasteiger charge is 2.26. The second-order valence-electron chi connectivity index (χ2n) is 5.41. The molecular weight excluding hydrogens is 282 g/mol. The van der Waals surface area contributed by atoms with Crippen molar-refractivity contribution >= 4 is 5.91 Å². The molecule has 1 unspecified atom stereocenters. The molecule has 0 radical (unpaired) electrons. The van der Waals surface area contributed by atoms with Crippen molar-refractivity contribution in [1.82, 2.24) is 15.0 Å². The summed E-state index contributed by atoms with van der Waals surface area (Å²) in [5.74, 6) is 0.658. The topological polar surface area (TPSA) is 68.5 Å². The number of hydrogen-bond acceptors (Lipinski definition) is 5. The van der Waals surface area contributed by atoms with Crippen molar-refractivity contribution in [3.05, 3.63) is 47.6 Å². The lowest BCUT2D eigenvalue weighted by Gasteiger charge is -2.26. The molecule has 1 amide bonds. The van der Waals surface area contributed by atoms with E-state index in [0.717, 1.165) is 5.69 Å². The Morgan fingerprint density at radius 2 is 2.18 bits per heavy atom. The molecule has 2 aromatic rings. The number of aromatic nitrogens is 2. The molecule has 0 aliphatic heterocycles. The van der Waals surface area contributed by atoms with E-state index < -0.39 is 0 Å². The lowest BCUT2D eigenvalue weighted by Crippen LogP contribution is -2.34. The smallest absolute Gasteiger partial charge is 0.276 e. The number of hydrogen-bond donors (Lipinski definition) is 0. The molecule has 22 heavy (non-hydrogen) atoms. The van der Waals surface area contributed by atoms with Crippen LogP contribution in [0.4, 0.5) is 0 Å². The van der Waals surface area contributed by atoms with Crippen molar-refractivity contribution in [3.63, 3.8) is 0 Å². The maximum atomic E-state index is 12.6. The summed E-state index contributed by atoms with van der Waals surface area (Å²) >= 11 is 0. The number of amides is 1. The first kappa shape index (κ1) is 16.2. The molecule has 6 nitrogen and oxygen atoms in total. The first-order valence-electron chi connectivity index (χ1n) is 7.18. The fraction of sp³-hybridized carbons (Fsp3) is 0.438. The Hall–Kier alpha value is -2.21. The molecule has 0 spiro atoms. The van der Waals surface area contributed by atoms with Gasteiger partial charge in [-0.15, -0.1) is 0 Å². The van der Waals surface area contributed by atoms with Gasteiger partial charge in [0.2, 0.25) is 0 Å². The molecule has 2 aromatic heterocycles. The van der Waals surface area contributed by atoms with Crippen LogP contribution >= 0.6 is 0 Å². The molecule has 2 heterocycles. The third kappa shape index (κ3) is 3.51. The minimum atomic E-state index is -0.280. The molecule has 0 aliphatic carbocycles. The molecular formula is C16H21N3O3.